The van der Waals surface area contributed by atoms with Gasteiger partial charge < -0.3 is 10.0 Å². The van der Waals surface area contributed by atoms with Crippen LogP contribution in [0.25, 0.3) is 0 Å². The molecule has 0 saturated heterocycles. The highest BCUT2D eigenvalue weighted by Gasteiger charge is 2.21. The number of hydrogen-bond donors (Lipinski definition) is 1. The van der Waals surface area contributed by atoms with Crippen molar-refractivity contribution in [3.8, 4) is 0 Å². The summed E-state index contributed by atoms with van der Waals surface area (Å²) in [5.74, 6) is -1.01. The molecule has 116 valence electrons. The number of carboxylic acid groups (broad SMARTS) is 1. The molecule has 0 saturated carbocycles. The van der Waals surface area contributed by atoms with E-state index in [2.05, 4.69) is 0 Å². The van der Waals surface area contributed by atoms with Crippen LogP contribution in [0.5, 0.6) is 0 Å². The molecule has 0 aliphatic heterocycles. The zero-order chi connectivity index (χ0) is 15.9. The first-order valence-electron chi connectivity index (χ1n) is 6.90. The van der Waals surface area contributed by atoms with E-state index in [9.17, 15) is 9.59 Å². The Kier molecular flexibility index (Phi) is 5.55. The first-order chi connectivity index (χ1) is 10.6. The zero-order valence-electron chi connectivity index (χ0n) is 12.3. The molecule has 1 heterocycles. The molecule has 6 heteroatoms. The third kappa shape index (κ3) is 4.33. The first kappa shape index (κ1) is 16.0. The Morgan fingerprint density at radius 3 is 2.45 bits per heavy atom. The highest BCUT2D eigenvalue weighted by molar-refractivity contribution is 7.09. The molecular weight excluding hydrogens is 300 g/mol. The predicted octanol–water partition coefficient (Wildman–Crippen LogP) is 2.93. The summed E-state index contributed by atoms with van der Waals surface area (Å²) in [5.41, 5.74) is 0.735. The molecule has 22 heavy (non-hydrogen) atoms. The SMILES string of the molecule is CN(C(=O)N(CCc1cccs1)CC(=O)O)c1ccccc1. The van der Waals surface area contributed by atoms with Crippen molar-refractivity contribution in [2.75, 3.05) is 25.0 Å². The number of urea groups is 1. The Bertz CT molecular complexity index is 614. The molecule has 5 nitrogen and oxygen atoms in total. The normalized spacial score (nSPS) is 10.2. The van der Waals surface area contributed by atoms with E-state index in [0.717, 1.165) is 10.6 Å². The molecular formula is C16H18N2O3S. The number of amides is 2. The number of thiophene rings is 1. The number of carbonyl (C=O) groups excluding carboxylic acids is 1. The lowest BCUT2D eigenvalue weighted by molar-refractivity contribution is -0.137. The maximum Gasteiger partial charge on any atom is 0.324 e. The van der Waals surface area contributed by atoms with Gasteiger partial charge in [0.15, 0.2) is 0 Å². The maximum atomic E-state index is 12.5. The average Bonchev–Trinajstić information content (AvgIpc) is 3.04. The predicted molar refractivity (Wildman–Crippen MR) is 87.5 cm³/mol. The van der Waals surface area contributed by atoms with E-state index in [1.165, 1.54) is 9.80 Å². The van der Waals surface area contributed by atoms with Crippen LogP contribution >= 0.6 is 11.3 Å². The summed E-state index contributed by atoms with van der Waals surface area (Å²) < 4.78 is 0. The van der Waals surface area contributed by atoms with E-state index in [-0.39, 0.29) is 12.6 Å². The number of carbonyl (C=O) groups is 2. The monoisotopic (exact) mass is 318 g/mol. The van der Waals surface area contributed by atoms with Crippen LogP contribution in [0.4, 0.5) is 10.5 Å². The summed E-state index contributed by atoms with van der Waals surface area (Å²) in [6.07, 6.45) is 0.652. The molecule has 0 spiro atoms. The lowest BCUT2D eigenvalue weighted by Crippen LogP contribution is -2.44. The van der Waals surface area contributed by atoms with Crippen LogP contribution in [-0.2, 0) is 11.2 Å². The third-order valence-electron chi connectivity index (χ3n) is 3.24. The lowest BCUT2D eigenvalue weighted by Gasteiger charge is -2.27. The third-order valence-corrected chi connectivity index (χ3v) is 4.17. The van der Waals surface area contributed by atoms with Gasteiger partial charge in [-0.3, -0.25) is 9.69 Å². The van der Waals surface area contributed by atoms with Crippen molar-refractivity contribution in [3.05, 3.63) is 52.7 Å². The quantitative estimate of drug-likeness (QED) is 0.891. The van der Waals surface area contributed by atoms with Crippen LogP contribution in [0.2, 0.25) is 0 Å². The summed E-state index contributed by atoms with van der Waals surface area (Å²) in [6, 6.07) is 12.8. The van der Waals surface area contributed by atoms with Crippen molar-refractivity contribution >= 4 is 29.0 Å². The number of hydrogen-bond acceptors (Lipinski definition) is 3. The molecule has 0 atom stereocenters. The topological polar surface area (TPSA) is 60.9 Å². The maximum absolute atomic E-state index is 12.5. The van der Waals surface area contributed by atoms with Gasteiger partial charge in [0.05, 0.1) is 0 Å². The molecule has 2 aromatic rings. The molecule has 1 aromatic carbocycles. The highest BCUT2D eigenvalue weighted by Crippen LogP contribution is 2.15. The van der Waals surface area contributed by atoms with Gasteiger partial charge in [-0.15, -0.1) is 11.3 Å². The van der Waals surface area contributed by atoms with Gasteiger partial charge in [-0.05, 0) is 30.0 Å². The van der Waals surface area contributed by atoms with Crippen molar-refractivity contribution < 1.29 is 14.7 Å². The lowest BCUT2D eigenvalue weighted by atomic mass is 10.3. The first-order valence-corrected chi connectivity index (χ1v) is 7.77. The molecule has 1 N–H and O–H groups in total. The average molecular weight is 318 g/mol. The largest absolute Gasteiger partial charge is 0.480 e. The summed E-state index contributed by atoms with van der Waals surface area (Å²) >= 11 is 1.60. The minimum Gasteiger partial charge on any atom is -0.480 e. The van der Waals surface area contributed by atoms with E-state index in [1.54, 1.807) is 18.4 Å². The Balaban J connectivity index is 2.06. The minimum atomic E-state index is -1.01. The number of nitrogens with zero attached hydrogens (tertiary/aromatic N) is 2. The molecule has 0 unspecified atom stereocenters. The standard InChI is InChI=1S/C16H18N2O3S/c1-17(13-6-3-2-4-7-13)16(21)18(12-15(19)20)10-9-14-8-5-11-22-14/h2-8,11H,9-10,12H2,1H3,(H,19,20). The van der Waals surface area contributed by atoms with Crippen molar-refractivity contribution in [3.63, 3.8) is 0 Å². The number of rotatable bonds is 6. The fourth-order valence-corrected chi connectivity index (χ4v) is 2.78. The molecule has 0 radical (unpaired) electrons. The zero-order valence-corrected chi connectivity index (χ0v) is 13.1. The van der Waals surface area contributed by atoms with Crippen LogP contribution in [0.1, 0.15) is 4.88 Å². The van der Waals surface area contributed by atoms with Gasteiger partial charge in [0.1, 0.15) is 6.54 Å². The van der Waals surface area contributed by atoms with Crippen molar-refractivity contribution in [2.24, 2.45) is 0 Å². The van der Waals surface area contributed by atoms with E-state index >= 15 is 0 Å². The van der Waals surface area contributed by atoms with E-state index in [1.807, 2.05) is 47.8 Å². The Morgan fingerprint density at radius 1 is 1.14 bits per heavy atom. The number of anilines is 1. The number of benzene rings is 1. The van der Waals surface area contributed by atoms with Gasteiger partial charge >= 0.3 is 12.0 Å². The molecule has 0 aliphatic carbocycles. The summed E-state index contributed by atoms with van der Waals surface area (Å²) in [7, 11) is 1.65. The van der Waals surface area contributed by atoms with Gasteiger partial charge in [-0.1, -0.05) is 24.3 Å². The second-order valence-corrected chi connectivity index (χ2v) is 5.85. The minimum absolute atomic E-state index is 0.304. The smallest absolute Gasteiger partial charge is 0.324 e. The number of aliphatic carboxylic acids is 1. The van der Waals surface area contributed by atoms with Gasteiger partial charge in [-0.25, -0.2) is 4.79 Å². The van der Waals surface area contributed by atoms with Gasteiger partial charge in [0.25, 0.3) is 0 Å². The van der Waals surface area contributed by atoms with Crippen LogP contribution in [0.3, 0.4) is 0 Å². The highest BCUT2D eigenvalue weighted by atomic mass is 32.1. The van der Waals surface area contributed by atoms with Gasteiger partial charge in [0.2, 0.25) is 0 Å². The molecule has 2 amide bonds. The number of para-hydroxylation sites is 1. The Labute approximate surface area is 133 Å². The van der Waals surface area contributed by atoms with Gasteiger partial charge in [0, 0.05) is 24.2 Å². The number of carboxylic acids is 1. The van der Waals surface area contributed by atoms with E-state index in [4.69, 9.17) is 5.11 Å². The molecule has 2 rings (SSSR count). The second kappa shape index (κ2) is 7.61. The van der Waals surface area contributed by atoms with Crippen molar-refractivity contribution in [2.45, 2.75) is 6.42 Å². The van der Waals surface area contributed by atoms with Crippen molar-refractivity contribution in [1.29, 1.82) is 0 Å². The van der Waals surface area contributed by atoms with Crippen LogP contribution in [0.15, 0.2) is 47.8 Å². The van der Waals surface area contributed by atoms with Gasteiger partial charge in [-0.2, -0.15) is 0 Å². The molecule has 0 aliphatic rings. The fraction of sp³-hybridized carbons (Fsp3) is 0.250. The molecule has 0 fully saturated rings. The van der Waals surface area contributed by atoms with E-state index < -0.39 is 5.97 Å². The fourth-order valence-electron chi connectivity index (χ4n) is 2.08. The van der Waals surface area contributed by atoms with Crippen molar-refractivity contribution in [1.82, 2.24) is 4.90 Å². The second-order valence-electron chi connectivity index (χ2n) is 4.82. The van der Waals surface area contributed by atoms with Crippen LogP contribution in [0, 0.1) is 0 Å². The summed E-state index contributed by atoms with van der Waals surface area (Å²) in [5, 5.41) is 11.0. The van der Waals surface area contributed by atoms with Crippen LogP contribution < -0.4 is 4.90 Å². The summed E-state index contributed by atoms with van der Waals surface area (Å²) in [6.45, 7) is 0.0736. The molecule has 0 bridgehead atoms. The van der Waals surface area contributed by atoms with Crippen LogP contribution in [-0.4, -0.2) is 42.1 Å². The Hall–Kier alpha value is -2.34. The summed E-state index contributed by atoms with van der Waals surface area (Å²) in [4.78, 5) is 27.5. The van der Waals surface area contributed by atoms with E-state index in [0.29, 0.717) is 13.0 Å². The Morgan fingerprint density at radius 2 is 1.86 bits per heavy atom. The molecule has 1 aromatic heterocycles.